The van der Waals surface area contributed by atoms with Crippen LogP contribution in [0.5, 0.6) is 0 Å². The molecule has 0 radical (unpaired) electrons. The van der Waals surface area contributed by atoms with E-state index in [1.165, 1.54) is 4.90 Å². The Hall–Kier alpha value is -3.42. The molecule has 1 rings (SSSR count). The van der Waals surface area contributed by atoms with Crippen LogP contribution in [0.2, 0.25) is 0 Å². The van der Waals surface area contributed by atoms with Gasteiger partial charge in [-0.25, -0.2) is 0 Å². The van der Waals surface area contributed by atoms with Gasteiger partial charge in [0.2, 0.25) is 23.6 Å². The van der Waals surface area contributed by atoms with E-state index < -0.39 is 41.6 Å². The minimum Gasteiger partial charge on any atom is -0.460 e. The Labute approximate surface area is 255 Å². The second kappa shape index (κ2) is 18.3. The lowest BCUT2D eigenvalue weighted by molar-refractivity contribution is -0.155. The van der Waals surface area contributed by atoms with Crippen LogP contribution in [0.1, 0.15) is 92.9 Å². The lowest BCUT2D eigenvalue weighted by Crippen LogP contribution is -2.58. The van der Waals surface area contributed by atoms with E-state index in [4.69, 9.17) is 21.9 Å². The average molecular weight is 611 g/mol. The first kappa shape index (κ1) is 37.6. The van der Waals surface area contributed by atoms with Gasteiger partial charge >= 0.3 is 5.97 Å². The van der Waals surface area contributed by atoms with Gasteiger partial charge in [-0.15, -0.1) is 0 Å². The molecule has 0 aromatic carbocycles. The fourth-order valence-corrected chi connectivity index (χ4v) is 4.80. The van der Waals surface area contributed by atoms with Crippen LogP contribution in [-0.2, 0) is 28.7 Å². The van der Waals surface area contributed by atoms with Gasteiger partial charge in [0, 0.05) is 26.1 Å². The number of hydrogen-bond donors (Lipinski definition) is 6. The van der Waals surface area contributed by atoms with E-state index in [-0.39, 0.29) is 55.5 Å². The number of likely N-dealkylation sites (N-methyl/N-ethyl adjacent to an activating group) is 1. The molecule has 0 aromatic heterocycles. The standard InChI is InChI=1S/C29H54N8O6/c1-7-33-26(41)22-13-10-16-37(22)27(42)20(12-9-15-34-28(31)32)35-25(40)21(17-18(2)3)36-24(39)19(30)11-8-14-23(38)43-29(4,5)6/h18-22H,7-17,30H2,1-6H3,(H,33,41)(H,35,40)(H,36,39)(H4,31,32,34)/t19-,20+,21+,22+/m1/s1. The molecule has 1 fully saturated rings. The second-order valence-electron chi connectivity index (χ2n) is 12.4. The summed E-state index contributed by atoms with van der Waals surface area (Å²) in [6, 6.07) is -3.46. The highest BCUT2D eigenvalue weighted by Gasteiger charge is 2.38. The zero-order chi connectivity index (χ0) is 32.7. The topological polar surface area (TPSA) is 224 Å². The normalized spacial score (nSPS) is 17.0. The van der Waals surface area contributed by atoms with Crippen molar-refractivity contribution < 1.29 is 28.7 Å². The monoisotopic (exact) mass is 610 g/mol. The van der Waals surface area contributed by atoms with Crippen molar-refractivity contribution in [2.45, 2.75) is 123 Å². The maximum absolute atomic E-state index is 13.7. The summed E-state index contributed by atoms with van der Waals surface area (Å²) in [6.07, 6.45) is 2.82. The molecule has 0 aromatic rings. The number of nitrogens with one attached hydrogen (secondary N) is 3. The van der Waals surface area contributed by atoms with Crippen molar-refractivity contribution in [1.82, 2.24) is 20.9 Å². The molecule has 0 aliphatic carbocycles. The van der Waals surface area contributed by atoms with Crippen LogP contribution in [0, 0.1) is 5.92 Å². The summed E-state index contributed by atoms with van der Waals surface area (Å²) in [6.45, 7) is 12.0. The molecule has 1 saturated heterocycles. The van der Waals surface area contributed by atoms with E-state index in [1.54, 1.807) is 20.8 Å². The van der Waals surface area contributed by atoms with Crippen molar-refractivity contribution in [2.24, 2.45) is 28.1 Å². The minimum absolute atomic E-state index is 0.0381. The van der Waals surface area contributed by atoms with E-state index in [0.29, 0.717) is 45.2 Å². The number of rotatable bonds is 17. The number of carbonyl (C=O) groups is 5. The van der Waals surface area contributed by atoms with Gasteiger partial charge in [-0.05, 0) is 78.6 Å². The molecule has 1 aliphatic rings. The third-order valence-corrected chi connectivity index (χ3v) is 6.74. The number of carbonyl (C=O) groups excluding carboxylic acids is 5. The summed E-state index contributed by atoms with van der Waals surface area (Å²) in [5, 5.41) is 8.31. The van der Waals surface area contributed by atoms with Crippen molar-refractivity contribution in [3.8, 4) is 0 Å². The Morgan fingerprint density at radius 3 is 2.23 bits per heavy atom. The molecular formula is C29H54N8O6. The summed E-state index contributed by atoms with van der Waals surface area (Å²) in [5.74, 6) is -2.08. The predicted molar refractivity (Wildman–Crippen MR) is 164 cm³/mol. The van der Waals surface area contributed by atoms with E-state index >= 15 is 0 Å². The fourth-order valence-electron chi connectivity index (χ4n) is 4.80. The molecule has 9 N–H and O–H groups in total. The van der Waals surface area contributed by atoms with Crippen LogP contribution in [0.15, 0.2) is 4.99 Å². The molecule has 14 nitrogen and oxygen atoms in total. The third kappa shape index (κ3) is 14.5. The maximum Gasteiger partial charge on any atom is 0.306 e. The number of hydrogen-bond acceptors (Lipinski definition) is 8. The highest BCUT2D eigenvalue weighted by molar-refractivity contribution is 5.95. The van der Waals surface area contributed by atoms with Gasteiger partial charge < -0.3 is 42.8 Å². The number of likely N-dealkylation sites (tertiary alicyclic amines) is 1. The number of guanidine groups is 1. The number of nitrogens with two attached hydrogens (primary N) is 3. The van der Waals surface area contributed by atoms with E-state index in [2.05, 4.69) is 20.9 Å². The van der Waals surface area contributed by atoms with Gasteiger partial charge in [-0.1, -0.05) is 13.8 Å². The Kier molecular flexibility index (Phi) is 16.0. The zero-order valence-corrected chi connectivity index (χ0v) is 26.7. The van der Waals surface area contributed by atoms with E-state index in [1.807, 2.05) is 20.8 Å². The van der Waals surface area contributed by atoms with Crippen LogP contribution in [-0.4, -0.2) is 89.9 Å². The first-order valence-electron chi connectivity index (χ1n) is 15.3. The molecule has 0 unspecified atom stereocenters. The Balaban J connectivity index is 2.97. The molecule has 0 spiro atoms. The smallest absolute Gasteiger partial charge is 0.306 e. The van der Waals surface area contributed by atoms with E-state index in [0.717, 1.165) is 0 Å². The maximum atomic E-state index is 13.7. The summed E-state index contributed by atoms with van der Waals surface area (Å²) in [7, 11) is 0. The van der Waals surface area contributed by atoms with Crippen LogP contribution >= 0.6 is 0 Å². The van der Waals surface area contributed by atoms with Crippen molar-refractivity contribution in [1.29, 1.82) is 0 Å². The predicted octanol–water partition coefficient (Wildman–Crippen LogP) is 0.0221. The highest BCUT2D eigenvalue weighted by atomic mass is 16.6. The molecule has 0 saturated carbocycles. The van der Waals surface area contributed by atoms with Gasteiger partial charge in [0.1, 0.15) is 23.7 Å². The first-order valence-corrected chi connectivity index (χ1v) is 15.3. The number of esters is 1. The number of nitrogens with zero attached hydrogens (tertiary/aromatic N) is 2. The number of aliphatic imine (C=N–C) groups is 1. The SMILES string of the molecule is CCNC(=O)[C@@H]1CCCN1C(=O)[C@H](CCCN=C(N)N)NC(=O)[C@H](CC(C)C)NC(=O)[C@H](N)CCCC(=O)OC(C)(C)C. The number of amides is 4. The summed E-state index contributed by atoms with van der Waals surface area (Å²) < 4.78 is 5.29. The van der Waals surface area contributed by atoms with Gasteiger partial charge in [0.05, 0.1) is 6.04 Å². The van der Waals surface area contributed by atoms with Gasteiger partial charge in [0.15, 0.2) is 5.96 Å². The van der Waals surface area contributed by atoms with Crippen molar-refractivity contribution in [3.63, 3.8) is 0 Å². The zero-order valence-electron chi connectivity index (χ0n) is 26.7. The molecular weight excluding hydrogens is 556 g/mol. The molecule has 0 bridgehead atoms. The molecule has 246 valence electrons. The quantitative estimate of drug-likeness (QED) is 0.0564. The van der Waals surface area contributed by atoms with Crippen molar-refractivity contribution in [2.75, 3.05) is 19.6 Å². The van der Waals surface area contributed by atoms with Gasteiger partial charge in [-0.3, -0.25) is 29.0 Å². The van der Waals surface area contributed by atoms with Gasteiger partial charge in [-0.2, -0.15) is 0 Å². The van der Waals surface area contributed by atoms with E-state index in [9.17, 15) is 24.0 Å². The lowest BCUT2D eigenvalue weighted by atomic mass is 10.0. The lowest BCUT2D eigenvalue weighted by Gasteiger charge is -2.30. The highest BCUT2D eigenvalue weighted by Crippen LogP contribution is 2.20. The van der Waals surface area contributed by atoms with Crippen LogP contribution in [0.25, 0.3) is 0 Å². The first-order chi connectivity index (χ1) is 20.0. The van der Waals surface area contributed by atoms with Crippen LogP contribution < -0.4 is 33.2 Å². The summed E-state index contributed by atoms with van der Waals surface area (Å²) >= 11 is 0. The van der Waals surface area contributed by atoms with Gasteiger partial charge in [0.25, 0.3) is 0 Å². The molecule has 1 heterocycles. The van der Waals surface area contributed by atoms with Crippen LogP contribution in [0.3, 0.4) is 0 Å². The largest absolute Gasteiger partial charge is 0.460 e. The Morgan fingerprint density at radius 2 is 1.65 bits per heavy atom. The number of ether oxygens (including phenoxy) is 1. The average Bonchev–Trinajstić information content (AvgIpc) is 3.38. The Bertz CT molecular complexity index is 977. The fraction of sp³-hybridized carbons (Fsp3) is 0.793. The molecule has 4 amide bonds. The summed E-state index contributed by atoms with van der Waals surface area (Å²) in [5.41, 5.74) is 16.3. The second-order valence-corrected chi connectivity index (χ2v) is 12.4. The van der Waals surface area contributed by atoms with Crippen molar-refractivity contribution >= 4 is 35.6 Å². The minimum atomic E-state index is -0.953. The Morgan fingerprint density at radius 1 is 1.00 bits per heavy atom. The molecule has 43 heavy (non-hydrogen) atoms. The van der Waals surface area contributed by atoms with Crippen LogP contribution in [0.4, 0.5) is 0 Å². The molecule has 4 atom stereocenters. The molecule has 14 heteroatoms. The van der Waals surface area contributed by atoms with Crippen molar-refractivity contribution in [3.05, 3.63) is 0 Å². The summed E-state index contributed by atoms with van der Waals surface area (Å²) in [4.78, 5) is 70.2. The third-order valence-electron chi connectivity index (χ3n) is 6.74. The molecule has 1 aliphatic heterocycles.